The van der Waals surface area contributed by atoms with Gasteiger partial charge in [-0.25, -0.2) is 9.97 Å². The lowest BCUT2D eigenvalue weighted by Gasteiger charge is -2.15. The Kier molecular flexibility index (Phi) is 5.77. The first-order valence-electron chi connectivity index (χ1n) is 9.43. The number of alkyl halides is 3. The molecule has 0 unspecified atom stereocenters. The summed E-state index contributed by atoms with van der Waals surface area (Å²) in [7, 11) is 0. The number of aromatic nitrogens is 3. The van der Waals surface area contributed by atoms with Crippen molar-refractivity contribution >= 4 is 40.0 Å². The fraction of sp³-hybridized carbons (Fsp3) is 0.0909. The van der Waals surface area contributed by atoms with Gasteiger partial charge in [0.05, 0.1) is 5.56 Å². The third kappa shape index (κ3) is 4.51. The van der Waals surface area contributed by atoms with Crippen LogP contribution in [0.15, 0.2) is 61.1 Å². The van der Waals surface area contributed by atoms with Crippen molar-refractivity contribution in [2.75, 3.05) is 5.32 Å². The molecule has 33 heavy (non-hydrogen) atoms. The topological polar surface area (TPSA) is 97.1 Å². The molecule has 0 spiro atoms. The van der Waals surface area contributed by atoms with E-state index >= 15 is 0 Å². The molecule has 2 N–H and O–H groups in total. The summed E-state index contributed by atoms with van der Waals surface area (Å²) in [6, 6.07) is 10.9. The van der Waals surface area contributed by atoms with E-state index in [-0.39, 0.29) is 29.0 Å². The van der Waals surface area contributed by atoms with Crippen LogP contribution in [0.25, 0.3) is 10.9 Å². The molecule has 0 aliphatic heterocycles. The van der Waals surface area contributed by atoms with E-state index in [0.717, 1.165) is 17.0 Å². The highest BCUT2D eigenvalue weighted by Crippen LogP contribution is 2.40. The van der Waals surface area contributed by atoms with E-state index in [0.29, 0.717) is 10.6 Å². The van der Waals surface area contributed by atoms with E-state index in [4.69, 9.17) is 11.6 Å². The van der Waals surface area contributed by atoms with Crippen LogP contribution in [0.2, 0.25) is 5.02 Å². The number of anilines is 1. The van der Waals surface area contributed by atoms with E-state index < -0.39 is 29.1 Å². The molecular weight excluding hydrogens is 461 g/mol. The number of rotatable bonds is 5. The number of carbonyl (C=O) groups is 2. The van der Waals surface area contributed by atoms with Crippen LogP contribution in [0.1, 0.15) is 21.6 Å². The number of ketones is 1. The SMILES string of the molecule is O=C(Nc1ccncn1)C(=O)c1c(C(F)(F)F)n(Cc2ccc(Cl)cc2)c2ccc(O)cc12. The summed E-state index contributed by atoms with van der Waals surface area (Å²) < 4.78 is 43.7. The molecule has 0 aliphatic carbocycles. The first kappa shape index (κ1) is 22.3. The lowest BCUT2D eigenvalue weighted by atomic mass is 10.0. The summed E-state index contributed by atoms with van der Waals surface area (Å²) in [6.07, 6.45) is -2.58. The van der Waals surface area contributed by atoms with Gasteiger partial charge in [0.1, 0.15) is 23.6 Å². The van der Waals surface area contributed by atoms with Gasteiger partial charge in [0, 0.05) is 28.7 Å². The van der Waals surface area contributed by atoms with Gasteiger partial charge in [-0.3, -0.25) is 9.59 Å². The smallest absolute Gasteiger partial charge is 0.432 e. The number of nitrogens with one attached hydrogen (secondary N) is 1. The van der Waals surface area contributed by atoms with E-state index in [1.807, 2.05) is 0 Å². The molecule has 0 bridgehead atoms. The molecule has 2 aromatic carbocycles. The van der Waals surface area contributed by atoms with Crippen molar-refractivity contribution in [3.63, 3.8) is 0 Å². The van der Waals surface area contributed by atoms with Crippen LogP contribution in [-0.2, 0) is 17.5 Å². The Balaban J connectivity index is 1.89. The number of hydrogen-bond donors (Lipinski definition) is 2. The van der Waals surface area contributed by atoms with Gasteiger partial charge in [0.15, 0.2) is 0 Å². The molecule has 0 fully saturated rings. The number of benzene rings is 2. The number of phenols is 1. The van der Waals surface area contributed by atoms with Crippen molar-refractivity contribution in [1.29, 1.82) is 0 Å². The molecule has 1 amide bonds. The molecule has 2 aromatic heterocycles. The summed E-state index contributed by atoms with van der Waals surface area (Å²) in [5.74, 6) is -3.14. The largest absolute Gasteiger partial charge is 0.508 e. The zero-order valence-electron chi connectivity index (χ0n) is 16.6. The number of aromatic hydroxyl groups is 1. The second-order valence-corrected chi connectivity index (χ2v) is 7.45. The Hall–Kier alpha value is -3.92. The third-order valence-electron chi connectivity index (χ3n) is 4.83. The number of nitrogens with zero attached hydrogens (tertiary/aromatic N) is 3. The van der Waals surface area contributed by atoms with Crippen LogP contribution < -0.4 is 5.32 Å². The zero-order chi connectivity index (χ0) is 23.8. The Morgan fingerprint density at radius 1 is 1.09 bits per heavy atom. The van der Waals surface area contributed by atoms with Crippen molar-refractivity contribution in [3.8, 4) is 5.75 Å². The standard InChI is InChI=1S/C22H14ClF3N4O3/c23-13-3-1-12(2-4-13)10-30-16-6-5-14(31)9-15(16)18(20(30)22(24,25)26)19(32)21(33)29-17-7-8-27-11-28-17/h1-9,11,31H,10H2,(H,27,28,29,33). The third-order valence-corrected chi connectivity index (χ3v) is 5.08. The molecule has 0 saturated carbocycles. The molecule has 2 heterocycles. The quantitative estimate of drug-likeness (QED) is 0.323. The van der Waals surface area contributed by atoms with E-state index in [9.17, 15) is 27.9 Å². The summed E-state index contributed by atoms with van der Waals surface area (Å²) in [4.78, 5) is 32.9. The van der Waals surface area contributed by atoms with Crippen molar-refractivity contribution in [2.45, 2.75) is 12.7 Å². The highest BCUT2D eigenvalue weighted by Gasteiger charge is 2.42. The summed E-state index contributed by atoms with van der Waals surface area (Å²) >= 11 is 5.87. The summed E-state index contributed by atoms with van der Waals surface area (Å²) in [6.45, 7) is -0.256. The van der Waals surface area contributed by atoms with Crippen molar-refractivity contribution in [2.24, 2.45) is 0 Å². The maximum absolute atomic E-state index is 14.3. The average molecular weight is 475 g/mol. The minimum atomic E-state index is -4.98. The fourth-order valence-electron chi connectivity index (χ4n) is 3.46. The van der Waals surface area contributed by atoms with Gasteiger partial charge in [-0.05, 0) is 42.0 Å². The predicted octanol–water partition coefficient (Wildman–Crippen LogP) is 4.68. The van der Waals surface area contributed by atoms with E-state index in [1.165, 1.54) is 36.5 Å². The second kappa shape index (κ2) is 8.55. The molecule has 0 atom stereocenters. The number of Topliss-reactive ketones (excluding diaryl/α,β-unsaturated/α-hetero) is 1. The molecule has 4 aromatic rings. The minimum Gasteiger partial charge on any atom is -0.508 e. The van der Waals surface area contributed by atoms with Gasteiger partial charge >= 0.3 is 6.18 Å². The highest BCUT2D eigenvalue weighted by molar-refractivity contribution is 6.48. The van der Waals surface area contributed by atoms with Crippen molar-refractivity contribution < 1.29 is 27.9 Å². The molecule has 0 saturated heterocycles. The Morgan fingerprint density at radius 2 is 1.82 bits per heavy atom. The van der Waals surface area contributed by atoms with Gasteiger partial charge in [0.2, 0.25) is 0 Å². The molecular formula is C22H14ClF3N4O3. The Morgan fingerprint density at radius 3 is 2.45 bits per heavy atom. The van der Waals surface area contributed by atoms with Crippen LogP contribution in [0, 0.1) is 0 Å². The van der Waals surface area contributed by atoms with Gasteiger partial charge in [-0.2, -0.15) is 13.2 Å². The van der Waals surface area contributed by atoms with Crippen LogP contribution in [0.5, 0.6) is 5.75 Å². The molecule has 7 nitrogen and oxygen atoms in total. The number of halogens is 4. The number of phenolic OH excluding ortho intramolecular Hbond substituents is 1. The van der Waals surface area contributed by atoms with Crippen LogP contribution in [0.3, 0.4) is 0 Å². The molecule has 11 heteroatoms. The number of amides is 1. The van der Waals surface area contributed by atoms with Gasteiger partial charge in [-0.15, -0.1) is 0 Å². The lowest BCUT2D eigenvalue weighted by molar-refractivity contribution is -0.143. The van der Waals surface area contributed by atoms with Crippen LogP contribution in [-0.4, -0.2) is 31.3 Å². The minimum absolute atomic E-state index is 0.0215. The predicted molar refractivity (Wildman–Crippen MR) is 114 cm³/mol. The van der Waals surface area contributed by atoms with Gasteiger partial charge in [-0.1, -0.05) is 23.7 Å². The maximum Gasteiger partial charge on any atom is 0.432 e. The number of fused-ring (bicyclic) bond motifs is 1. The first-order valence-corrected chi connectivity index (χ1v) is 9.81. The van der Waals surface area contributed by atoms with Crippen LogP contribution >= 0.6 is 11.6 Å². The average Bonchev–Trinajstić information content (AvgIpc) is 3.09. The van der Waals surface area contributed by atoms with Gasteiger partial charge in [0.25, 0.3) is 11.7 Å². The fourth-order valence-corrected chi connectivity index (χ4v) is 3.58. The second-order valence-electron chi connectivity index (χ2n) is 7.01. The van der Waals surface area contributed by atoms with E-state index in [1.54, 1.807) is 12.1 Å². The Labute approximate surface area is 189 Å². The van der Waals surface area contributed by atoms with Crippen molar-refractivity contribution in [3.05, 3.63) is 82.9 Å². The lowest BCUT2D eigenvalue weighted by Crippen LogP contribution is -2.26. The summed E-state index contributed by atoms with van der Waals surface area (Å²) in [5, 5.41) is 12.3. The normalized spacial score (nSPS) is 11.5. The first-order chi connectivity index (χ1) is 15.6. The number of hydrogen-bond acceptors (Lipinski definition) is 5. The summed E-state index contributed by atoms with van der Waals surface area (Å²) in [5.41, 5.74) is -1.66. The number of carbonyl (C=O) groups excluding carboxylic acids is 2. The van der Waals surface area contributed by atoms with Crippen LogP contribution in [0.4, 0.5) is 19.0 Å². The zero-order valence-corrected chi connectivity index (χ0v) is 17.4. The maximum atomic E-state index is 14.3. The monoisotopic (exact) mass is 474 g/mol. The van der Waals surface area contributed by atoms with E-state index in [2.05, 4.69) is 15.3 Å². The van der Waals surface area contributed by atoms with Crippen molar-refractivity contribution in [1.82, 2.24) is 14.5 Å². The molecule has 168 valence electrons. The molecule has 0 radical (unpaired) electrons. The Bertz CT molecular complexity index is 1350. The highest BCUT2D eigenvalue weighted by atomic mass is 35.5. The molecule has 4 rings (SSSR count). The van der Waals surface area contributed by atoms with Gasteiger partial charge < -0.3 is 15.0 Å². The molecule has 0 aliphatic rings.